The second-order valence-electron chi connectivity index (χ2n) is 4.26. The van der Waals surface area contributed by atoms with Crippen molar-refractivity contribution in [2.45, 2.75) is 13.5 Å². The van der Waals surface area contributed by atoms with E-state index in [1.165, 1.54) is 10.9 Å². The summed E-state index contributed by atoms with van der Waals surface area (Å²) in [7, 11) is 1.81. The second kappa shape index (κ2) is 3.48. The molecule has 0 amide bonds. The first-order valence-corrected chi connectivity index (χ1v) is 5.80. The van der Waals surface area contributed by atoms with E-state index in [0.717, 1.165) is 17.4 Å². The lowest BCUT2D eigenvalue weighted by Crippen LogP contribution is -2.14. The van der Waals surface area contributed by atoms with Gasteiger partial charge in [0.1, 0.15) is 0 Å². The third-order valence-corrected chi connectivity index (χ3v) is 3.40. The van der Waals surface area contributed by atoms with Crippen molar-refractivity contribution < 1.29 is 0 Å². The van der Waals surface area contributed by atoms with Gasteiger partial charge in [-0.15, -0.1) is 0 Å². The average molecular weight is 226 g/mol. The summed E-state index contributed by atoms with van der Waals surface area (Å²) < 4.78 is 3.90. The molecular weight excluding hydrogens is 212 g/mol. The number of aromatic nitrogens is 2. The van der Waals surface area contributed by atoms with E-state index in [4.69, 9.17) is 0 Å². The summed E-state index contributed by atoms with van der Waals surface area (Å²) >= 11 is 0. The summed E-state index contributed by atoms with van der Waals surface area (Å²) in [4.78, 5) is 11.6. The minimum Gasteiger partial charge on any atom is -0.348 e. The van der Waals surface area contributed by atoms with Crippen LogP contribution >= 0.6 is 0 Å². The SMILES string of the molecule is CCn1ccc2c3ccc(=O)n(C)c3ccc21. The quantitative estimate of drug-likeness (QED) is 0.626. The summed E-state index contributed by atoms with van der Waals surface area (Å²) in [5.41, 5.74) is 2.24. The monoisotopic (exact) mass is 226 g/mol. The Kier molecular flexibility index (Phi) is 2.08. The van der Waals surface area contributed by atoms with E-state index in [2.05, 4.69) is 29.8 Å². The molecule has 3 aromatic rings. The van der Waals surface area contributed by atoms with Crippen molar-refractivity contribution in [3.63, 3.8) is 0 Å². The fraction of sp³-hybridized carbons (Fsp3) is 0.214. The number of pyridine rings is 1. The van der Waals surface area contributed by atoms with Gasteiger partial charge in [-0.2, -0.15) is 0 Å². The predicted molar refractivity (Wildman–Crippen MR) is 70.4 cm³/mol. The van der Waals surface area contributed by atoms with E-state index in [-0.39, 0.29) is 5.56 Å². The van der Waals surface area contributed by atoms with Gasteiger partial charge in [0.25, 0.3) is 5.56 Å². The van der Waals surface area contributed by atoms with Crippen molar-refractivity contribution in [1.29, 1.82) is 0 Å². The summed E-state index contributed by atoms with van der Waals surface area (Å²) in [5, 5.41) is 2.34. The van der Waals surface area contributed by atoms with E-state index in [1.807, 2.05) is 19.2 Å². The normalized spacial score (nSPS) is 11.4. The third kappa shape index (κ3) is 1.32. The van der Waals surface area contributed by atoms with Gasteiger partial charge in [0.2, 0.25) is 0 Å². The van der Waals surface area contributed by atoms with Gasteiger partial charge in [-0.25, -0.2) is 0 Å². The van der Waals surface area contributed by atoms with Gasteiger partial charge in [-0.1, -0.05) is 0 Å². The largest absolute Gasteiger partial charge is 0.348 e. The average Bonchev–Trinajstić information content (AvgIpc) is 2.76. The highest BCUT2D eigenvalue weighted by molar-refractivity contribution is 6.05. The number of rotatable bonds is 1. The van der Waals surface area contributed by atoms with Gasteiger partial charge >= 0.3 is 0 Å². The third-order valence-electron chi connectivity index (χ3n) is 3.40. The van der Waals surface area contributed by atoms with Crippen LogP contribution < -0.4 is 5.56 Å². The molecular formula is C14H14N2O. The molecule has 3 nitrogen and oxygen atoms in total. The lowest BCUT2D eigenvalue weighted by molar-refractivity contribution is 0.797. The molecule has 0 bridgehead atoms. The molecule has 0 saturated heterocycles. The van der Waals surface area contributed by atoms with Gasteiger partial charge in [0, 0.05) is 42.1 Å². The Balaban J connectivity index is 2.53. The van der Waals surface area contributed by atoms with E-state index in [9.17, 15) is 4.79 Å². The van der Waals surface area contributed by atoms with Crippen LogP contribution in [0, 0.1) is 0 Å². The lowest BCUT2D eigenvalue weighted by atomic mass is 10.1. The van der Waals surface area contributed by atoms with Gasteiger partial charge < -0.3 is 9.13 Å². The molecule has 17 heavy (non-hydrogen) atoms. The number of nitrogens with zero attached hydrogens (tertiary/aromatic N) is 2. The molecule has 0 N–H and O–H groups in total. The van der Waals surface area contributed by atoms with Crippen LogP contribution in [0.2, 0.25) is 0 Å². The van der Waals surface area contributed by atoms with Crippen LogP contribution in [0.15, 0.2) is 41.3 Å². The Hall–Kier alpha value is -2.03. The molecule has 0 radical (unpaired) electrons. The molecule has 0 aliphatic rings. The maximum atomic E-state index is 11.6. The highest BCUT2D eigenvalue weighted by atomic mass is 16.1. The van der Waals surface area contributed by atoms with Crippen LogP contribution in [-0.4, -0.2) is 9.13 Å². The summed E-state index contributed by atoms with van der Waals surface area (Å²) in [6, 6.07) is 9.77. The van der Waals surface area contributed by atoms with Crippen LogP contribution in [0.1, 0.15) is 6.92 Å². The van der Waals surface area contributed by atoms with Crippen molar-refractivity contribution in [3.05, 3.63) is 46.9 Å². The van der Waals surface area contributed by atoms with E-state index < -0.39 is 0 Å². The maximum absolute atomic E-state index is 11.6. The van der Waals surface area contributed by atoms with Gasteiger partial charge in [-0.3, -0.25) is 4.79 Å². The first-order valence-electron chi connectivity index (χ1n) is 5.80. The first-order chi connectivity index (χ1) is 8.22. The van der Waals surface area contributed by atoms with Crippen molar-refractivity contribution in [3.8, 4) is 0 Å². The number of benzene rings is 1. The molecule has 0 saturated carbocycles. The molecule has 3 heteroatoms. The molecule has 0 aliphatic heterocycles. The van der Waals surface area contributed by atoms with Gasteiger partial charge in [0.15, 0.2) is 0 Å². The van der Waals surface area contributed by atoms with Crippen molar-refractivity contribution in [2.24, 2.45) is 7.05 Å². The Labute approximate surface area is 98.9 Å². The maximum Gasteiger partial charge on any atom is 0.250 e. The van der Waals surface area contributed by atoms with E-state index in [1.54, 1.807) is 10.6 Å². The first kappa shape index (κ1) is 10.1. The molecule has 2 aromatic heterocycles. The molecule has 0 spiro atoms. The van der Waals surface area contributed by atoms with Crippen molar-refractivity contribution >= 4 is 21.8 Å². The number of fused-ring (bicyclic) bond motifs is 3. The lowest BCUT2D eigenvalue weighted by Gasteiger charge is -2.06. The van der Waals surface area contributed by atoms with Crippen molar-refractivity contribution in [2.75, 3.05) is 0 Å². The molecule has 0 aliphatic carbocycles. The topological polar surface area (TPSA) is 26.9 Å². The number of aryl methyl sites for hydroxylation is 2. The van der Waals surface area contributed by atoms with Gasteiger partial charge in [0.05, 0.1) is 5.52 Å². The van der Waals surface area contributed by atoms with Crippen molar-refractivity contribution in [1.82, 2.24) is 9.13 Å². The molecule has 0 unspecified atom stereocenters. The minimum atomic E-state index is 0.0341. The fourth-order valence-corrected chi connectivity index (χ4v) is 2.41. The highest BCUT2D eigenvalue weighted by Crippen LogP contribution is 2.24. The van der Waals surface area contributed by atoms with E-state index >= 15 is 0 Å². The van der Waals surface area contributed by atoms with Crippen LogP contribution in [0.5, 0.6) is 0 Å². The van der Waals surface area contributed by atoms with Crippen LogP contribution in [-0.2, 0) is 13.6 Å². The smallest absolute Gasteiger partial charge is 0.250 e. The molecule has 1 aromatic carbocycles. The number of hydrogen-bond acceptors (Lipinski definition) is 1. The highest BCUT2D eigenvalue weighted by Gasteiger charge is 2.06. The molecule has 86 valence electrons. The summed E-state index contributed by atoms with van der Waals surface area (Å²) in [6.45, 7) is 3.09. The van der Waals surface area contributed by atoms with Gasteiger partial charge in [-0.05, 0) is 31.2 Å². The minimum absolute atomic E-state index is 0.0341. The molecule has 0 atom stereocenters. The predicted octanol–water partition coefficient (Wildman–Crippen LogP) is 2.51. The molecule has 0 fully saturated rings. The van der Waals surface area contributed by atoms with Crippen LogP contribution in [0.3, 0.4) is 0 Å². The summed E-state index contributed by atoms with van der Waals surface area (Å²) in [5.74, 6) is 0. The zero-order valence-corrected chi connectivity index (χ0v) is 9.97. The fourth-order valence-electron chi connectivity index (χ4n) is 2.41. The Bertz CT molecular complexity index is 765. The molecule has 2 heterocycles. The second-order valence-corrected chi connectivity index (χ2v) is 4.26. The van der Waals surface area contributed by atoms with E-state index in [0.29, 0.717) is 0 Å². The summed E-state index contributed by atoms with van der Waals surface area (Å²) in [6.07, 6.45) is 2.09. The van der Waals surface area contributed by atoms with Crippen LogP contribution in [0.25, 0.3) is 21.8 Å². The Morgan fingerprint density at radius 1 is 1.00 bits per heavy atom. The molecule has 3 rings (SSSR count). The number of hydrogen-bond donors (Lipinski definition) is 0. The zero-order valence-electron chi connectivity index (χ0n) is 9.97. The Morgan fingerprint density at radius 2 is 1.71 bits per heavy atom. The van der Waals surface area contributed by atoms with Crippen LogP contribution in [0.4, 0.5) is 0 Å². The Morgan fingerprint density at radius 3 is 2.47 bits per heavy atom. The zero-order chi connectivity index (χ0) is 12.0. The standard InChI is InChI=1S/C14H14N2O/c1-3-16-9-8-11-10-4-7-14(17)15(2)12(10)5-6-13(11)16/h4-9H,3H2,1-2H3.